The van der Waals surface area contributed by atoms with Gasteiger partial charge in [-0.1, -0.05) is 11.6 Å². The van der Waals surface area contributed by atoms with Crippen molar-refractivity contribution in [2.24, 2.45) is 5.73 Å². The molecular formula is C8H10ClN5O3. The molecule has 1 aromatic rings. The number of pyridine rings is 1. The molecule has 0 fully saturated rings. The number of primary amides is 1. The molecule has 9 heteroatoms. The summed E-state index contributed by atoms with van der Waals surface area (Å²) in [4.78, 5) is 24.0. The molecule has 0 aliphatic rings. The van der Waals surface area contributed by atoms with E-state index in [2.05, 4.69) is 15.6 Å². The zero-order chi connectivity index (χ0) is 12.8. The van der Waals surface area contributed by atoms with E-state index in [9.17, 15) is 14.9 Å². The summed E-state index contributed by atoms with van der Waals surface area (Å²) < 4.78 is 0. The molecule has 0 aromatic carbocycles. The van der Waals surface area contributed by atoms with E-state index in [4.69, 9.17) is 17.3 Å². The maximum atomic E-state index is 10.4. The van der Waals surface area contributed by atoms with Gasteiger partial charge in [-0.2, -0.15) is 0 Å². The van der Waals surface area contributed by atoms with E-state index in [-0.39, 0.29) is 10.7 Å². The van der Waals surface area contributed by atoms with Gasteiger partial charge in [-0.05, 0) is 0 Å². The van der Waals surface area contributed by atoms with E-state index in [1.807, 2.05) is 0 Å². The van der Waals surface area contributed by atoms with Gasteiger partial charge < -0.3 is 16.4 Å². The van der Waals surface area contributed by atoms with E-state index in [1.54, 1.807) is 0 Å². The number of nitrogens with one attached hydrogen (secondary N) is 2. The van der Waals surface area contributed by atoms with Crippen LogP contribution in [0.15, 0.2) is 12.3 Å². The third-order valence-corrected chi connectivity index (χ3v) is 2.04. The number of nitro groups is 1. The Balaban J connectivity index is 2.54. The number of hydrogen-bond acceptors (Lipinski definition) is 5. The van der Waals surface area contributed by atoms with E-state index in [0.29, 0.717) is 18.9 Å². The molecule has 0 spiro atoms. The number of aromatic nitrogens is 1. The molecule has 0 saturated carbocycles. The smallest absolute Gasteiger partial charge is 0.312 e. The fourth-order valence-electron chi connectivity index (χ4n) is 1.02. The van der Waals surface area contributed by atoms with Gasteiger partial charge in [-0.15, -0.1) is 0 Å². The number of amides is 2. The van der Waals surface area contributed by atoms with Crippen LogP contribution in [0.1, 0.15) is 0 Å². The number of nitrogens with zero attached hydrogens (tertiary/aromatic N) is 2. The minimum absolute atomic E-state index is 0.137. The van der Waals surface area contributed by atoms with Gasteiger partial charge >= 0.3 is 6.03 Å². The molecule has 0 saturated heterocycles. The lowest BCUT2D eigenvalue weighted by Gasteiger charge is -2.06. The molecule has 1 heterocycles. The van der Waals surface area contributed by atoms with Crippen molar-refractivity contribution in [1.82, 2.24) is 10.3 Å². The van der Waals surface area contributed by atoms with Crippen molar-refractivity contribution >= 4 is 29.1 Å². The molecule has 0 atom stereocenters. The summed E-state index contributed by atoms with van der Waals surface area (Å²) in [5.41, 5.74) is 4.68. The van der Waals surface area contributed by atoms with Gasteiger partial charge in [0.25, 0.3) is 5.69 Å². The molecule has 0 aliphatic carbocycles. The first-order chi connectivity index (χ1) is 8.00. The second kappa shape index (κ2) is 5.85. The van der Waals surface area contributed by atoms with Crippen LogP contribution in [0.25, 0.3) is 0 Å². The summed E-state index contributed by atoms with van der Waals surface area (Å²) in [7, 11) is 0. The Hall–Kier alpha value is -2.09. The first-order valence-corrected chi connectivity index (χ1v) is 4.95. The number of carbonyl (C=O) groups excluding carboxylic acids is 1. The highest BCUT2D eigenvalue weighted by Crippen LogP contribution is 2.23. The molecule has 92 valence electrons. The van der Waals surface area contributed by atoms with Crippen LogP contribution < -0.4 is 16.4 Å². The second-order valence-corrected chi connectivity index (χ2v) is 3.41. The van der Waals surface area contributed by atoms with Gasteiger partial charge in [0.1, 0.15) is 12.0 Å². The number of urea groups is 1. The Morgan fingerprint density at radius 2 is 2.29 bits per heavy atom. The summed E-state index contributed by atoms with van der Waals surface area (Å²) in [6.07, 6.45) is 1.09. The van der Waals surface area contributed by atoms with Crippen LogP contribution >= 0.6 is 11.6 Å². The van der Waals surface area contributed by atoms with Gasteiger partial charge in [0.15, 0.2) is 0 Å². The molecule has 17 heavy (non-hydrogen) atoms. The quantitative estimate of drug-likeness (QED) is 0.408. The van der Waals surface area contributed by atoms with Gasteiger partial charge in [-0.25, -0.2) is 9.78 Å². The molecule has 1 aromatic heterocycles. The highest BCUT2D eigenvalue weighted by Gasteiger charge is 2.10. The Bertz CT molecular complexity index is 439. The van der Waals surface area contributed by atoms with Crippen molar-refractivity contribution in [3.63, 3.8) is 0 Å². The van der Waals surface area contributed by atoms with Crippen LogP contribution in [0.2, 0.25) is 5.02 Å². The normalized spacial score (nSPS) is 9.71. The molecule has 0 aliphatic heterocycles. The zero-order valence-electron chi connectivity index (χ0n) is 8.64. The monoisotopic (exact) mass is 259 g/mol. The van der Waals surface area contributed by atoms with Gasteiger partial charge in [0, 0.05) is 19.2 Å². The van der Waals surface area contributed by atoms with Crippen molar-refractivity contribution in [3.05, 3.63) is 27.4 Å². The number of anilines is 1. The second-order valence-electron chi connectivity index (χ2n) is 3.00. The molecule has 1 rings (SSSR count). The first kappa shape index (κ1) is 13.0. The fourth-order valence-corrected chi connectivity index (χ4v) is 1.25. The third-order valence-electron chi connectivity index (χ3n) is 1.75. The van der Waals surface area contributed by atoms with Crippen molar-refractivity contribution in [1.29, 1.82) is 0 Å². The SMILES string of the molecule is NC(=O)NCCNc1ncc([N+](=O)[O-])cc1Cl. The number of hydrogen-bond donors (Lipinski definition) is 3. The highest BCUT2D eigenvalue weighted by molar-refractivity contribution is 6.33. The van der Waals surface area contributed by atoms with Crippen LogP contribution in [0.5, 0.6) is 0 Å². The van der Waals surface area contributed by atoms with E-state index in [0.717, 1.165) is 6.20 Å². The summed E-state index contributed by atoms with van der Waals surface area (Å²) in [6, 6.07) is 0.563. The predicted octanol–water partition coefficient (Wildman–Crippen LogP) is 0.723. The van der Waals surface area contributed by atoms with Crippen LogP contribution in [-0.2, 0) is 0 Å². The summed E-state index contributed by atoms with van der Waals surface area (Å²) in [5.74, 6) is 0.309. The Labute approximate surface area is 101 Å². The van der Waals surface area contributed by atoms with Crippen molar-refractivity contribution in [3.8, 4) is 0 Å². The minimum atomic E-state index is -0.630. The average molecular weight is 260 g/mol. The van der Waals surface area contributed by atoms with E-state index < -0.39 is 11.0 Å². The van der Waals surface area contributed by atoms with Crippen molar-refractivity contribution < 1.29 is 9.72 Å². The van der Waals surface area contributed by atoms with Gasteiger partial charge in [-0.3, -0.25) is 10.1 Å². The molecular weight excluding hydrogens is 250 g/mol. The minimum Gasteiger partial charge on any atom is -0.367 e. The summed E-state index contributed by atoms with van der Waals surface area (Å²) in [6.45, 7) is 0.651. The maximum Gasteiger partial charge on any atom is 0.312 e. The van der Waals surface area contributed by atoms with Crippen LogP contribution in [-0.4, -0.2) is 29.0 Å². The number of nitrogens with two attached hydrogens (primary N) is 1. The lowest BCUT2D eigenvalue weighted by molar-refractivity contribution is -0.385. The first-order valence-electron chi connectivity index (χ1n) is 4.58. The van der Waals surface area contributed by atoms with Gasteiger partial charge in [0.2, 0.25) is 0 Å². The highest BCUT2D eigenvalue weighted by atomic mass is 35.5. The lowest BCUT2D eigenvalue weighted by Crippen LogP contribution is -2.33. The Kier molecular flexibility index (Phi) is 4.46. The number of rotatable bonds is 5. The summed E-state index contributed by atoms with van der Waals surface area (Å²) >= 11 is 5.77. The zero-order valence-corrected chi connectivity index (χ0v) is 9.40. The lowest BCUT2D eigenvalue weighted by atomic mass is 10.4. The molecule has 0 bridgehead atoms. The topological polar surface area (TPSA) is 123 Å². The maximum absolute atomic E-state index is 10.4. The Morgan fingerprint density at radius 1 is 1.59 bits per heavy atom. The number of halogens is 1. The third kappa shape index (κ3) is 4.11. The molecule has 0 unspecified atom stereocenters. The molecule has 8 nitrogen and oxygen atoms in total. The van der Waals surface area contributed by atoms with Crippen LogP contribution in [0.4, 0.5) is 16.3 Å². The van der Waals surface area contributed by atoms with E-state index in [1.165, 1.54) is 6.07 Å². The van der Waals surface area contributed by atoms with Crippen LogP contribution in [0, 0.1) is 10.1 Å². The molecule has 0 radical (unpaired) electrons. The molecule has 4 N–H and O–H groups in total. The molecule has 2 amide bonds. The van der Waals surface area contributed by atoms with Gasteiger partial charge in [0.05, 0.1) is 9.95 Å². The average Bonchev–Trinajstić information content (AvgIpc) is 2.25. The van der Waals surface area contributed by atoms with Crippen molar-refractivity contribution in [2.45, 2.75) is 0 Å². The van der Waals surface area contributed by atoms with Crippen molar-refractivity contribution in [2.75, 3.05) is 18.4 Å². The number of carbonyl (C=O) groups is 1. The van der Waals surface area contributed by atoms with Crippen LogP contribution in [0.3, 0.4) is 0 Å². The van der Waals surface area contributed by atoms with E-state index >= 15 is 0 Å². The predicted molar refractivity (Wildman–Crippen MR) is 62.0 cm³/mol. The largest absolute Gasteiger partial charge is 0.367 e. The standard InChI is InChI=1S/C8H10ClN5O3/c9-6-3-5(14(16)17)4-13-7(6)11-1-2-12-8(10)15/h3-4H,1-2H2,(H,11,13)(H3,10,12,15). The Morgan fingerprint density at radius 3 is 2.82 bits per heavy atom. The fraction of sp³-hybridized carbons (Fsp3) is 0.250. The summed E-state index contributed by atoms with van der Waals surface area (Å²) in [5, 5.41) is 15.7.